The van der Waals surface area contributed by atoms with E-state index in [1.54, 1.807) is 26.1 Å². The van der Waals surface area contributed by atoms with E-state index in [-0.39, 0.29) is 11.6 Å². The molecule has 6 nitrogen and oxygen atoms in total. The van der Waals surface area contributed by atoms with Crippen molar-refractivity contribution in [1.82, 2.24) is 5.32 Å². The van der Waals surface area contributed by atoms with E-state index in [0.29, 0.717) is 12.1 Å². The number of nitrogens with one attached hydrogen (secondary N) is 2. The highest BCUT2D eigenvalue weighted by atomic mass is 16.6. The van der Waals surface area contributed by atoms with E-state index < -0.39 is 10.3 Å². The lowest BCUT2D eigenvalue weighted by Crippen LogP contribution is -2.39. The number of hydrogen-bond donors (Lipinski definition) is 2. The van der Waals surface area contributed by atoms with E-state index in [4.69, 9.17) is 0 Å². The maximum atomic E-state index is 11.6. The summed E-state index contributed by atoms with van der Waals surface area (Å²) < 4.78 is 0. The molecule has 1 aromatic rings. The molecule has 0 bridgehead atoms. The predicted molar refractivity (Wildman–Crippen MR) is 74.2 cm³/mol. The summed E-state index contributed by atoms with van der Waals surface area (Å²) in [4.78, 5) is 21.9. The molecule has 0 heterocycles. The van der Waals surface area contributed by atoms with Crippen LogP contribution in [0.2, 0.25) is 0 Å². The Bertz CT molecular complexity index is 498. The fourth-order valence-electron chi connectivity index (χ4n) is 1.71. The number of aryl methyl sites for hydroxylation is 1. The van der Waals surface area contributed by atoms with Crippen LogP contribution in [0, 0.1) is 22.5 Å². The average molecular weight is 265 g/mol. The summed E-state index contributed by atoms with van der Waals surface area (Å²) in [7, 11) is 1.60. The van der Waals surface area contributed by atoms with Crippen LogP contribution in [0.5, 0.6) is 0 Å². The van der Waals surface area contributed by atoms with E-state index >= 15 is 0 Å². The second kappa shape index (κ2) is 5.69. The first-order chi connectivity index (χ1) is 8.77. The van der Waals surface area contributed by atoms with Crippen molar-refractivity contribution in [3.05, 3.63) is 33.9 Å². The Balaban J connectivity index is 2.77. The molecule has 1 amide bonds. The van der Waals surface area contributed by atoms with Crippen LogP contribution in [-0.2, 0) is 4.79 Å². The number of carbonyl (C=O) groups is 1. The Morgan fingerprint density at radius 3 is 2.53 bits per heavy atom. The molecule has 0 saturated heterocycles. The van der Waals surface area contributed by atoms with Gasteiger partial charge in [0.05, 0.1) is 10.3 Å². The minimum absolute atomic E-state index is 0.0568. The molecular formula is C13H19N3O3. The summed E-state index contributed by atoms with van der Waals surface area (Å²) in [5, 5.41) is 16.4. The Kier molecular flexibility index (Phi) is 4.47. The minimum atomic E-state index is -0.551. The van der Waals surface area contributed by atoms with Crippen molar-refractivity contribution in [2.45, 2.75) is 20.8 Å². The van der Waals surface area contributed by atoms with Crippen molar-refractivity contribution in [1.29, 1.82) is 0 Å². The lowest BCUT2D eigenvalue weighted by molar-refractivity contribution is -0.385. The zero-order chi connectivity index (χ0) is 14.6. The highest BCUT2D eigenvalue weighted by molar-refractivity contribution is 5.82. The zero-order valence-corrected chi connectivity index (χ0v) is 11.6. The van der Waals surface area contributed by atoms with Crippen molar-refractivity contribution in [2.24, 2.45) is 5.41 Å². The molecule has 0 aromatic heterocycles. The molecule has 0 aliphatic heterocycles. The number of hydrogen-bond acceptors (Lipinski definition) is 4. The van der Waals surface area contributed by atoms with E-state index in [2.05, 4.69) is 10.6 Å². The molecule has 0 fully saturated rings. The molecule has 0 aliphatic rings. The van der Waals surface area contributed by atoms with Gasteiger partial charge in [0, 0.05) is 30.9 Å². The first-order valence-electron chi connectivity index (χ1n) is 5.99. The van der Waals surface area contributed by atoms with Crippen LogP contribution in [0.15, 0.2) is 18.2 Å². The molecule has 0 radical (unpaired) electrons. The molecule has 19 heavy (non-hydrogen) atoms. The van der Waals surface area contributed by atoms with Crippen molar-refractivity contribution < 1.29 is 9.72 Å². The summed E-state index contributed by atoms with van der Waals surface area (Å²) in [6, 6.07) is 4.81. The molecule has 0 spiro atoms. The molecule has 0 saturated carbocycles. The molecule has 6 heteroatoms. The van der Waals surface area contributed by atoms with Crippen LogP contribution >= 0.6 is 0 Å². The van der Waals surface area contributed by atoms with Crippen molar-refractivity contribution in [2.75, 3.05) is 18.9 Å². The van der Waals surface area contributed by atoms with Gasteiger partial charge in [0.1, 0.15) is 0 Å². The highest BCUT2D eigenvalue weighted by Gasteiger charge is 2.26. The van der Waals surface area contributed by atoms with Crippen LogP contribution in [0.4, 0.5) is 11.4 Å². The zero-order valence-electron chi connectivity index (χ0n) is 11.6. The Morgan fingerprint density at radius 1 is 1.42 bits per heavy atom. The SMILES string of the molecule is CNC(=O)C(C)(C)CNc1ccc([N+](=O)[O-])c(C)c1. The Morgan fingerprint density at radius 2 is 2.05 bits per heavy atom. The second-order valence-corrected chi connectivity index (χ2v) is 5.07. The van der Waals surface area contributed by atoms with Gasteiger partial charge in [-0.1, -0.05) is 0 Å². The maximum Gasteiger partial charge on any atom is 0.272 e. The third-order valence-electron chi connectivity index (χ3n) is 2.97. The number of anilines is 1. The third-order valence-corrected chi connectivity index (χ3v) is 2.97. The van der Waals surface area contributed by atoms with Gasteiger partial charge in [0.15, 0.2) is 0 Å². The number of amides is 1. The van der Waals surface area contributed by atoms with Crippen LogP contribution in [-0.4, -0.2) is 24.4 Å². The minimum Gasteiger partial charge on any atom is -0.384 e. The van der Waals surface area contributed by atoms with Gasteiger partial charge in [-0.25, -0.2) is 0 Å². The molecule has 0 aliphatic carbocycles. The third kappa shape index (κ3) is 3.67. The lowest BCUT2D eigenvalue weighted by Gasteiger charge is -2.23. The van der Waals surface area contributed by atoms with Gasteiger partial charge >= 0.3 is 0 Å². The average Bonchev–Trinajstić information content (AvgIpc) is 2.35. The fraction of sp³-hybridized carbons (Fsp3) is 0.462. The Labute approximate surface area is 112 Å². The topological polar surface area (TPSA) is 84.3 Å². The van der Waals surface area contributed by atoms with Crippen molar-refractivity contribution in [3.8, 4) is 0 Å². The first kappa shape index (κ1) is 14.9. The van der Waals surface area contributed by atoms with Gasteiger partial charge in [-0.2, -0.15) is 0 Å². The summed E-state index contributed by atoms with van der Waals surface area (Å²) in [5.41, 5.74) is 0.897. The molecular weight excluding hydrogens is 246 g/mol. The standard InChI is InChI=1S/C13H19N3O3/c1-9-7-10(5-6-11(9)16(18)19)15-8-13(2,3)12(17)14-4/h5-7,15H,8H2,1-4H3,(H,14,17). The number of carbonyl (C=O) groups excluding carboxylic acids is 1. The van der Waals surface area contributed by atoms with Gasteiger partial charge in [-0.05, 0) is 32.9 Å². The van der Waals surface area contributed by atoms with Crippen LogP contribution in [0.3, 0.4) is 0 Å². The van der Waals surface area contributed by atoms with Gasteiger partial charge in [-0.3, -0.25) is 14.9 Å². The molecule has 1 rings (SSSR count). The maximum absolute atomic E-state index is 11.6. The predicted octanol–water partition coefficient (Wildman–Crippen LogP) is 2.09. The summed E-state index contributed by atoms with van der Waals surface area (Å²) in [6.45, 7) is 5.80. The number of nitrogens with zero attached hydrogens (tertiary/aromatic N) is 1. The Hall–Kier alpha value is -2.11. The van der Waals surface area contributed by atoms with Gasteiger partial charge in [0.25, 0.3) is 5.69 Å². The molecule has 104 valence electrons. The normalized spacial score (nSPS) is 10.9. The van der Waals surface area contributed by atoms with Crippen LogP contribution < -0.4 is 10.6 Å². The number of rotatable bonds is 5. The summed E-state index contributed by atoms with van der Waals surface area (Å²) in [5.74, 6) is -0.0568. The van der Waals surface area contributed by atoms with E-state index in [1.807, 2.05) is 13.8 Å². The monoisotopic (exact) mass is 265 g/mol. The lowest BCUT2D eigenvalue weighted by atomic mass is 9.92. The number of nitro benzene ring substituents is 1. The molecule has 2 N–H and O–H groups in total. The number of nitro groups is 1. The van der Waals surface area contributed by atoms with Crippen molar-refractivity contribution >= 4 is 17.3 Å². The fourth-order valence-corrected chi connectivity index (χ4v) is 1.71. The first-order valence-corrected chi connectivity index (χ1v) is 5.99. The summed E-state index contributed by atoms with van der Waals surface area (Å²) in [6.07, 6.45) is 0. The quantitative estimate of drug-likeness (QED) is 0.630. The molecule has 0 atom stereocenters. The molecule has 0 unspecified atom stereocenters. The smallest absolute Gasteiger partial charge is 0.272 e. The van der Waals surface area contributed by atoms with E-state index in [1.165, 1.54) is 6.07 Å². The van der Waals surface area contributed by atoms with Gasteiger partial charge < -0.3 is 10.6 Å². The summed E-state index contributed by atoms with van der Waals surface area (Å²) >= 11 is 0. The van der Waals surface area contributed by atoms with Gasteiger partial charge in [0.2, 0.25) is 5.91 Å². The molecule has 1 aromatic carbocycles. The van der Waals surface area contributed by atoms with E-state index in [9.17, 15) is 14.9 Å². The second-order valence-electron chi connectivity index (χ2n) is 5.07. The number of benzene rings is 1. The van der Waals surface area contributed by atoms with Gasteiger partial charge in [-0.15, -0.1) is 0 Å². The van der Waals surface area contributed by atoms with Crippen LogP contribution in [0.1, 0.15) is 19.4 Å². The van der Waals surface area contributed by atoms with E-state index in [0.717, 1.165) is 5.69 Å². The van der Waals surface area contributed by atoms with Crippen LogP contribution in [0.25, 0.3) is 0 Å². The largest absolute Gasteiger partial charge is 0.384 e. The highest BCUT2D eigenvalue weighted by Crippen LogP contribution is 2.23. The van der Waals surface area contributed by atoms with Crippen molar-refractivity contribution in [3.63, 3.8) is 0 Å².